The number of carbonyl (C=O) groups excluding carboxylic acids is 1. The zero-order valence-electron chi connectivity index (χ0n) is 17.0. The molecule has 2 rings (SSSR count). The van der Waals surface area contributed by atoms with Gasteiger partial charge in [0, 0.05) is 31.6 Å². The summed E-state index contributed by atoms with van der Waals surface area (Å²) >= 11 is 0. The highest BCUT2D eigenvalue weighted by Crippen LogP contribution is 2.25. The molecule has 1 aliphatic heterocycles. The lowest BCUT2D eigenvalue weighted by atomic mass is 9.99. The van der Waals surface area contributed by atoms with Crippen LogP contribution in [0.3, 0.4) is 0 Å². The van der Waals surface area contributed by atoms with Crippen LogP contribution in [0.4, 0.5) is 0 Å². The fourth-order valence-corrected chi connectivity index (χ4v) is 3.48. The maximum atomic E-state index is 11.9. The summed E-state index contributed by atoms with van der Waals surface area (Å²) in [5, 5.41) is 7.51. The second kappa shape index (κ2) is 11.5. The number of nitrogens with one attached hydrogen (secondary N) is 1. The van der Waals surface area contributed by atoms with Crippen LogP contribution >= 0.6 is 24.0 Å². The zero-order chi connectivity index (χ0) is 19.1. The highest BCUT2D eigenvalue weighted by molar-refractivity contribution is 14.0. The predicted octanol–water partition coefficient (Wildman–Crippen LogP) is 3.40. The second-order valence-corrected chi connectivity index (χ2v) is 6.91. The average Bonchev–Trinajstić information content (AvgIpc) is 3.26. The molecule has 2 heterocycles. The minimum absolute atomic E-state index is 0. The standard InChI is InChI=1S/C19H32N4O3.HI/c1-6-14(7-2)17-9-15(26-22-17)10-21-19(20-8-3)23-11-13(4)16(12-23)18(24)25-5;/h9,13-14,16H,6-8,10-12H2,1-5H3,(H,20,21);1H. The van der Waals surface area contributed by atoms with Crippen LogP contribution in [0.2, 0.25) is 0 Å². The minimum atomic E-state index is -0.152. The molecule has 1 aliphatic rings. The Balaban J connectivity index is 0.00000364. The van der Waals surface area contributed by atoms with Gasteiger partial charge in [-0.25, -0.2) is 4.99 Å². The third-order valence-corrected chi connectivity index (χ3v) is 5.12. The van der Waals surface area contributed by atoms with Crippen molar-refractivity contribution < 1.29 is 14.1 Å². The Morgan fingerprint density at radius 3 is 2.70 bits per heavy atom. The molecular weight excluding hydrogens is 459 g/mol. The lowest BCUT2D eigenvalue weighted by Crippen LogP contribution is -2.40. The first-order valence-corrected chi connectivity index (χ1v) is 9.60. The quantitative estimate of drug-likeness (QED) is 0.272. The highest BCUT2D eigenvalue weighted by atomic mass is 127. The molecule has 0 spiro atoms. The molecule has 8 heteroatoms. The van der Waals surface area contributed by atoms with E-state index < -0.39 is 0 Å². The van der Waals surface area contributed by atoms with Gasteiger partial charge in [-0.3, -0.25) is 4.79 Å². The molecule has 154 valence electrons. The van der Waals surface area contributed by atoms with Crippen molar-refractivity contribution in [2.24, 2.45) is 16.8 Å². The molecule has 1 aromatic rings. The third kappa shape index (κ3) is 6.08. The van der Waals surface area contributed by atoms with Gasteiger partial charge in [-0.15, -0.1) is 24.0 Å². The molecule has 0 radical (unpaired) electrons. The van der Waals surface area contributed by atoms with E-state index in [0.29, 0.717) is 19.0 Å². The zero-order valence-corrected chi connectivity index (χ0v) is 19.4. The summed E-state index contributed by atoms with van der Waals surface area (Å²) in [5.41, 5.74) is 1.01. The molecule has 1 saturated heterocycles. The molecule has 7 nitrogen and oxygen atoms in total. The van der Waals surface area contributed by atoms with Crippen LogP contribution in [-0.2, 0) is 16.1 Å². The highest BCUT2D eigenvalue weighted by Gasteiger charge is 2.36. The van der Waals surface area contributed by atoms with E-state index in [0.717, 1.165) is 43.3 Å². The van der Waals surface area contributed by atoms with Gasteiger partial charge in [0.2, 0.25) is 0 Å². The van der Waals surface area contributed by atoms with E-state index in [1.807, 2.05) is 13.0 Å². The summed E-state index contributed by atoms with van der Waals surface area (Å²) < 4.78 is 10.4. The van der Waals surface area contributed by atoms with Gasteiger partial charge in [0.15, 0.2) is 11.7 Å². The van der Waals surface area contributed by atoms with Crippen LogP contribution in [-0.4, -0.2) is 48.7 Å². The first kappa shape index (κ1) is 23.7. The van der Waals surface area contributed by atoms with Crippen molar-refractivity contribution in [2.45, 2.75) is 53.0 Å². The second-order valence-electron chi connectivity index (χ2n) is 6.91. The number of esters is 1. The lowest BCUT2D eigenvalue weighted by molar-refractivity contribution is -0.145. The van der Waals surface area contributed by atoms with Crippen molar-refractivity contribution in [3.8, 4) is 0 Å². The lowest BCUT2D eigenvalue weighted by Gasteiger charge is -2.21. The van der Waals surface area contributed by atoms with Gasteiger partial charge in [-0.1, -0.05) is 25.9 Å². The Morgan fingerprint density at radius 2 is 2.11 bits per heavy atom. The number of carbonyl (C=O) groups is 1. The maximum Gasteiger partial charge on any atom is 0.310 e. The van der Waals surface area contributed by atoms with Gasteiger partial charge in [0.1, 0.15) is 6.54 Å². The number of aliphatic imine (C=N–C) groups is 1. The number of halogens is 1. The molecule has 27 heavy (non-hydrogen) atoms. The molecular formula is C19H33IN4O3. The summed E-state index contributed by atoms with van der Waals surface area (Å²) in [7, 11) is 1.44. The molecule has 1 aromatic heterocycles. The maximum absolute atomic E-state index is 11.9. The average molecular weight is 492 g/mol. The van der Waals surface area contributed by atoms with Crippen LogP contribution in [0.25, 0.3) is 0 Å². The van der Waals surface area contributed by atoms with Crippen LogP contribution in [0.1, 0.15) is 57.9 Å². The van der Waals surface area contributed by atoms with Crippen molar-refractivity contribution >= 4 is 35.9 Å². The smallest absolute Gasteiger partial charge is 0.310 e. The molecule has 1 N–H and O–H groups in total. The van der Waals surface area contributed by atoms with E-state index in [2.05, 4.69) is 41.1 Å². The predicted molar refractivity (Wildman–Crippen MR) is 116 cm³/mol. The van der Waals surface area contributed by atoms with Gasteiger partial charge >= 0.3 is 5.97 Å². The van der Waals surface area contributed by atoms with Crippen LogP contribution in [0, 0.1) is 11.8 Å². The molecule has 2 atom stereocenters. The Morgan fingerprint density at radius 1 is 1.41 bits per heavy atom. The molecule has 0 bridgehead atoms. The van der Waals surface area contributed by atoms with Crippen LogP contribution in [0.5, 0.6) is 0 Å². The number of methoxy groups -OCH3 is 1. The van der Waals surface area contributed by atoms with Crippen molar-refractivity contribution in [3.05, 3.63) is 17.5 Å². The first-order valence-electron chi connectivity index (χ1n) is 9.60. The summed E-state index contributed by atoms with van der Waals surface area (Å²) in [4.78, 5) is 18.7. The Bertz CT molecular complexity index is 616. The van der Waals surface area contributed by atoms with E-state index in [1.165, 1.54) is 7.11 Å². The third-order valence-electron chi connectivity index (χ3n) is 5.12. The number of aromatic nitrogens is 1. The van der Waals surface area contributed by atoms with E-state index in [1.54, 1.807) is 0 Å². The topological polar surface area (TPSA) is 80.0 Å². The largest absolute Gasteiger partial charge is 0.469 e. The van der Waals surface area contributed by atoms with Crippen molar-refractivity contribution in [3.63, 3.8) is 0 Å². The number of guanidine groups is 1. The van der Waals surface area contributed by atoms with Crippen molar-refractivity contribution in [1.29, 1.82) is 0 Å². The van der Waals surface area contributed by atoms with E-state index in [-0.39, 0.29) is 41.8 Å². The number of hydrogen-bond acceptors (Lipinski definition) is 5. The number of rotatable bonds is 7. The van der Waals surface area contributed by atoms with Gasteiger partial charge in [0.25, 0.3) is 0 Å². The Labute approximate surface area is 179 Å². The monoisotopic (exact) mass is 492 g/mol. The normalized spacial score (nSPS) is 19.9. The molecule has 0 aliphatic carbocycles. The molecule has 0 saturated carbocycles. The van der Waals surface area contributed by atoms with E-state index >= 15 is 0 Å². The fourth-order valence-electron chi connectivity index (χ4n) is 3.48. The summed E-state index contributed by atoms with van der Waals surface area (Å²) in [5.74, 6) is 1.96. The molecule has 0 aromatic carbocycles. The minimum Gasteiger partial charge on any atom is -0.469 e. The SMILES string of the molecule is CCNC(=NCc1cc(C(CC)CC)no1)N1CC(C)C(C(=O)OC)C1.I. The molecule has 1 fully saturated rings. The first-order chi connectivity index (χ1) is 12.5. The molecule has 0 amide bonds. The number of likely N-dealkylation sites (tertiary alicyclic amines) is 1. The van der Waals surface area contributed by atoms with Crippen LogP contribution < -0.4 is 5.32 Å². The Hall–Kier alpha value is -1.32. The number of nitrogens with zero attached hydrogens (tertiary/aromatic N) is 3. The van der Waals surface area contributed by atoms with Crippen LogP contribution in [0.15, 0.2) is 15.6 Å². The summed E-state index contributed by atoms with van der Waals surface area (Å²) in [6.07, 6.45) is 2.10. The molecule has 2 unspecified atom stereocenters. The van der Waals surface area contributed by atoms with Gasteiger partial charge in [0.05, 0.1) is 18.7 Å². The summed E-state index contributed by atoms with van der Waals surface area (Å²) in [6, 6.07) is 2.01. The number of ether oxygens (including phenoxy) is 1. The van der Waals surface area contributed by atoms with Gasteiger partial charge in [-0.05, 0) is 25.7 Å². The fraction of sp³-hybridized carbons (Fsp3) is 0.737. The Kier molecular flexibility index (Phi) is 10.1. The van der Waals surface area contributed by atoms with Crippen molar-refractivity contribution in [2.75, 3.05) is 26.7 Å². The van der Waals surface area contributed by atoms with Crippen molar-refractivity contribution in [1.82, 2.24) is 15.4 Å². The van der Waals surface area contributed by atoms with Gasteiger partial charge < -0.3 is 19.5 Å². The van der Waals surface area contributed by atoms with E-state index in [4.69, 9.17) is 9.26 Å². The van der Waals surface area contributed by atoms with Gasteiger partial charge in [-0.2, -0.15) is 0 Å². The summed E-state index contributed by atoms with van der Waals surface area (Å²) in [6.45, 7) is 11.0. The number of hydrogen-bond donors (Lipinski definition) is 1. The van der Waals surface area contributed by atoms with E-state index in [9.17, 15) is 4.79 Å².